The molecule has 70 valence electrons. The van der Waals surface area contributed by atoms with Gasteiger partial charge < -0.3 is 0 Å². The van der Waals surface area contributed by atoms with E-state index in [9.17, 15) is 4.79 Å². The van der Waals surface area contributed by atoms with E-state index in [0.717, 1.165) is 25.7 Å². The lowest BCUT2D eigenvalue weighted by molar-refractivity contribution is -0.120. The van der Waals surface area contributed by atoms with Crippen LogP contribution in [0.25, 0.3) is 0 Å². The highest BCUT2D eigenvalue weighted by atomic mass is 32.2. The van der Waals surface area contributed by atoms with Gasteiger partial charge in [0.15, 0.2) is 0 Å². The lowest BCUT2D eigenvalue weighted by Gasteiger charge is -2.20. The third kappa shape index (κ3) is 2.37. The van der Waals surface area contributed by atoms with Crippen LogP contribution >= 0.6 is 11.9 Å². The van der Waals surface area contributed by atoms with Crippen molar-refractivity contribution in [2.75, 3.05) is 0 Å². The highest BCUT2D eigenvalue weighted by Crippen LogP contribution is 2.27. The summed E-state index contributed by atoms with van der Waals surface area (Å²) in [4.78, 5) is 11.0. The van der Waals surface area contributed by atoms with E-state index < -0.39 is 0 Å². The Balaban J connectivity index is 1.86. The molecule has 0 unspecified atom stereocenters. The van der Waals surface area contributed by atoms with Crippen molar-refractivity contribution in [3.8, 4) is 0 Å². The molecule has 1 aromatic heterocycles. The Labute approximate surface area is 82.5 Å². The molecule has 1 aliphatic carbocycles. The van der Waals surface area contributed by atoms with E-state index in [1.807, 2.05) is 24.1 Å². The molecule has 0 radical (unpaired) electrons. The molecule has 1 saturated carbocycles. The molecule has 0 saturated heterocycles. The Morgan fingerprint density at radius 3 is 2.46 bits per heavy atom. The average molecular weight is 195 g/mol. The zero-order valence-electron chi connectivity index (χ0n) is 7.48. The number of hydrogen-bond donors (Lipinski definition) is 0. The van der Waals surface area contributed by atoms with Crippen LogP contribution < -0.4 is 0 Å². The summed E-state index contributed by atoms with van der Waals surface area (Å²) in [7, 11) is 0. The van der Waals surface area contributed by atoms with Gasteiger partial charge in [-0.15, -0.1) is 0 Å². The van der Waals surface area contributed by atoms with Crippen LogP contribution in [0.5, 0.6) is 0 Å². The molecule has 0 N–H and O–H groups in total. The van der Waals surface area contributed by atoms with Crippen molar-refractivity contribution in [2.24, 2.45) is 0 Å². The molecule has 1 aromatic rings. The SMILES string of the molecule is O=C1CCC(Sn2cccc2)CC1. The summed E-state index contributed by atoms with van der Waals surface area (Å²) in [6.07, 6.45) is 7.75. The van der Waals surface area contributed by atoms with E-state index in [2.05, 4.69) is 16.4 Å². The van der Waals surface area contributed by atoms with Crippen LogP contribution in [0, 0.1) is 0 Å². The van der Waals surface area contributed by atoms with Crippen molar-refractivity contribution < 1.29 is 4.79 Å². The predicted octanol–water partition coefficient (Wildman–Crippen LogP) is 2.50. The van der Waals surface area contributed by atoms with Gasteiger partial charge in [-0.1, -0.05) is 0 Å². The molecule has 0 spiro atoms. The van der Waals surface area contributed by atoms with Gasteiger partial charge in [0.05, 0.1) is 0 Å². The van der Waals surface area contributed by atoms with Crippen molar-refractivity contribution in [2.45, 2.75) is 30.9 Å². The number of carbonyl (C=O) groups is 1. The fraction of sp³-hybridized carbons (Fsp3) is 0.500. The highest BCUT2D eigenvalue weighted by Gasteiger charge is 2.19. The molecule has 1 heterocycles. The quantitative estimate of drug-likeness (QED) is 0.723. The molecule has 0 aliphatic heterocycles. The second-order valence-electron chi connectivity index (χ2n) is 3.39. The zero-order chi connectivity index (χ0) is 9.10. The second-order valence-corrected chi connectivity index (χ2v) is 4.69. The van der Waals surface area contributed by atoms with Gasteiger partial charge in [0, 0.05) is 30.5 Å². The van der Waals surface area contributed by atoms with Gasteiger partial charge in [-0.3, -0.25) is 8.77 Å². The molecule has 2 nitrogen and oxygen atoms in total. The first-order valence-corrected chi connectivity index (χ1v) is 5.50. The van der Waals surface area contributed by atoms with Crippen molar-refractivity contribution >= 4 is 17.7 Å². The first-order valence-electron chi connectivity index (χ1n) is 4.66. The highest BCUT2D eigenvalue weighted by molar-refractivity contribution is 7.98. The van der Waals surface area contributed by atoms with Crippen molar-refractivity contribution in [3.05, 3.63) is 24.5 Å². The molecular weight excluding hydrogens is 182 g/mol. The van der Waals surface area contributed by atoms with E-state index in [4.69, 9.17) is 0 Å². The van der Waals surface area contributed by atoms with Crippen LogP contribution in [-0.4, -0.2) is 15.0 Å². The number of aromatic nitrogens is 1. The molecule has 1 fully saturated rings. The maximum atomic E-state index is 11.0. The van der Waals surface area contributed by atoms with Gasteiger partial charge >= 0.3 is 0 Å². The first-order chi connectivity index (χ1) is 6.34. The van der Waals surface area contributed by atoms with Gasteiger partial charge in [0.2, 0.25) is 0 Å². The average Bonchev–Trinajstić information content (AvgIpc) is 2.62. The Kier molecular flexibility index (Phi) is 2.74. The Morgan fingerprint density at radius 1 is 1.23 bits per heavy atom. The minimum absolute atomic E-state index is 0.435. The van der Waals surface area contributed by atoms with Gasteiger partial charge in [-0.05, 0) is 36.9 Å². The zero-order valence-corrected chi connectivity index (χ0v) is 8.30. The summed E-state index contributed by atoms with van der Waals surface area (Å²) >= 11 is 1.84. The van der Waals surface area contributed by atoms with Gasteiger partial charge in [0.25, 0.3) is 0 Å². The van der Waals surface area contributed by atoms with Crippen LogP contribution in [-0.2, 0) is 4.79 Å². The maximum Gasteiger partial charge on any atom is 0.132 e. The van der Waals surface area contributed by atoms with E-state index in [1.54, 1.807) is 0 Å². The first kappa shape index (κ1) is 8.88. The Morgan fingerprint density at radius 2 is 1.85 bits per heavy atom. The van der Waals surface area contributed by atoms with E-state index >= 15 is 0 Å². The van der Waals surface area contributed by atoms with Crippen molar-refractivity contribution in [1.29, 1.82) is 0 Å². The summed E-state index contributed by atoms with van der Waals surface area (Å²) in [6, 6.07) is 4.06. The number of carbonyl (C=O) groups excluding carboxylic acids is 1. The molecule has 0 amide bonds. The number of rotatable bonds is 2. The fourth-order valence-corrected chi connectivity index (χ4v) is 2.65. The summed E-state index contributed by atoms with van der Waals surface area (Å²) in [5.74, 6) is 0.435. The minimum Gasteiger partial charge on any atom is -0.300 e. The summed E-state index contributed by atoms with van der Waals surface area (Å²) < 4.78 is 2.13. The minimum atomic E-state index is 0.435. The predicted molar refractivity (Wildman–Crippen MR) is 54.7 cm³/mol. The number of ketones is 1. The maximum absolute atomic E-state index is 11.0. The summed E-state index contributed by atoms with van der Waals surface area (Å²) in [5.41, 5.74) is 0. The monoisotopic (exact) mass is 195 g/mol. The van der Waals surface area contributed by atoms with E-state index in [-0.39, 0.29) is 0 Å². The molecule has 13 heavy (non-hydrogen) atoms. The fourth-order valence-electron chi connectivity index (χ4n) is 1.58. The van der Waals surface area contributed by atoms with Gasteiger partial charge in [0.1, 0.15) is 5.78 Å². The van der Waals surface area contributed by atoms with E-state index in [1.165, 1.54) is 0 Å². The third-order valence-corrected chi connectivity index (χ3v) is 3.59. The van der Waals surface area contributed by atoms with E-state index in [0.29, 0.717) is 11.0 Å². The van der Waals surface area contributed by atoms with Crippen LogP contribution in [0.3, 0.4) is 0 Å². The Hall–Kier alpha value is -0.700. The topological polar surface area (TPSA) is 22.0 Å². The number of Topliss-reactive ketones (excluding diaryl/α,β-unsaturated/α-hetero) is 1. The standard InChI is InChI=1S/C10H13NOS/c12-9-3-5-10(6-4-9)13-11-7-1-2-8-11/h1-2,7-8,10H,3-6H2. The van der Waals surface area contributed by atoms with Crippen LogP contribution in [0.4, 0.5) is 0 Å². The van der Waals surface area contributed by atoms with Crippen molar-refractivity contribution in [3.63, 3.8) is 0 Å². The van der Waals surface area contributed by atoms with Crippen LogP contribution in [0.15, 0.2) is 24.5 Å². The van der Waals surface area contributed by atoms with Crippen LogP contribution in [0.2, 0.25) is 0 Å². The van der Waals surface area contributed by atoms with Gasteiger partial charge in [-0.2, -0.15) is 0 Å². The third-order valence-electron chi connectivity index (χ3n) is 2.34. The van der Waals surface area contributed by atoms with Crippen molar-refractivity contribution in [1.82, 2.24) is 3.97 Å². The lowest BCUT2D eigenvalue weighted by Crippen LogP contribution is -2.16. The summed E-state index contributed by atoms with van der Waals surface area (Å²) in [5, 5.41) is 0.630. The second kappa shape index (κ2) is 4.01. The Bertz CT molecular complexity index is 271. The number of hydrogen-bond acceptors (Lipinski definition) is 2. The van der Waals surface area contributed by atoms with Gasteiger partial charge in [-0.25, -0.2) is 0 Å². The molecule has 0 bridgehead atoms. The number of nitrogens with zero attached hydrogens (tertiary/aromatic N) is 1. The largest absolute Gasteiger partial charge is 0.300 e. The molecular formula is C10H13NOS. The smallest absolute Gasteiger partial charge is 0.132 e. The van der Waals surface area contributed by atoms with Crippen LogP contribution in [0.1, 0.15) is 25.7 Å². The molecule has 0 atom stereocenters. The summed E-state index contributed by atoms with van der Waals surface area (Å²) in [6.45, 7) is 0. The molecule has 0 aromatic carbocycles. The molecule has 2 rings (SSSR count). The molecule has 3 heteroatoms. The molecule has 1 aliphatic rings. The normalized spacial score (nSPS) is 19.2. The lowest BCUT2D eigenvalue weighted by atomic mass is 9.99.